The lowest BCUT2D eigenvalue weighted by Gasteiger charge is -2.24. The summed E-state index contributed by atoms with van der Waals surface area (Å²) in [7, 11) is 1.56. The minimum atomic E-state index is -1.11. The van der Waals surface area contributed by atoms with Crippen LogP contribution in [0.4, 0.5) is 8.78 Å². The van der Waals surface area contributed by atoms with Gasteiger partial charge in [0.05, 0.1) is 23.6 Å². The second-order valence-electron chi connectivity index (χ2n) is 7.40. The van der Waals surface area contributed by atoms with Crippen molar-refractivity contribution in [2.45, 2.75) is 44.8 Å². The number of aryl methyl sites for hydroxylation is 1. The standard InChI is InChI=1S/C21H26F2N2O4S/c1-14-18(13-29-15-4-5-16(22)17(23)12-15)30-20(24-14)21(27)7-3-9-25(10-8-21)19(26)6-11-28-2/h4-5,12,27H,3,6-11,13H2,1-2H3. The summed E-state index contributed by atoms with van der Waals surface area (Å²) in [4.78, 5) is 19.4. The van der Waals surface area contributed by atoms with E-state index in [4.69, 9.17) is 9.47 Å². The van der Waals surface area contributed by atoms with Crippen molar-refractivity contribution in [1.82, 2.24) is 9.88 Å². The number of methoxy groups -OCH3 is 1. The van der Waals surface area contributed by atoms with Gasteiger partial charge < -0.3 is 19.5 Å². The van der Waals surface area contributed by atoms with Crippen LogP contribution in [0.5, 0.6) is 5.75 Å². The van der Waals surface area contributed by atoms with E-state index in [0.717, 1.165) is 22.7 Å². The third kappa shape index (κ3) is 5.33. The van der Waals surface area contributed by atoms with Crippen molar-refractivity contribution in [2.24, 2.45) is 0 Å². The van der Waals surface area contributed by atoms with Gasteiger partial charge in [0.25, 0.3) is 0 Å². The Bertz CT molecular complexity index is 892. The number of aliphatic hydroxyl groups is 1. The van der Waals surface area contributed by atoms with Gasteiger partial charge in [-0.3, -0.25) is 4.79 Å². The highest BCUT2D eigenvalue weighted by molar-refractivity contribution is 7.11. The highest BCUT2D eigenvalue weighted by Crippen LogP contribution is 2.37. The molecule has 0 bridgehead atoms. The van der Waals surface area contributed by atoms with E-state index in [9.17, 15) is 18.7 Å². The number of amides is 1. The van der Waals surface area contributed by atoms with Crippen LogP contribution in [0.25, 0.3) is 0 Å². The van der Waals surface area contributed by atoms with Gasteiger partial charge in [0.2, 0.25) is 5.91 Å². The number of halogens is 2. The van der Waals surface area contributed by atoms with Gasteiger partial charge in [-0.25, -0.2) is 13.8 Å². The fourth-order valence-corrected chi connectivity index (χ4v) is 4.53. The normalized spacial score (nSPS) is 19.6. The smallest absolute Gasteiger partial charge is 0.224 e. The van der Waals surface area contributed by atoms with E-state index in [1.54, 1.807) is 12.0 Å². The zero-order valence-electron chi connectivity index (χ0n) is 17.1. The van der Waals surface area contributed by atoms with Gasteiger partial charge in [0.15, 0.2) is 11.6 Å². The van der Waals surface area contributed by atoms with Crippen molar-refractivity contribution in [3.8, 4) is 5.75 Å². The van der Waals surface area contributed by atoms with Crippen molar-refractivity contribution in [1.29, 1.82) is 0 Å². The summed E-state index contributed by atoms with van der Waals surface area (Å²) < 4.78 is 36.9. The number of carbonyl (C=O) groups is 1. The molecule has 1 atom stereocenters. The number of hydrogen-bond acceptors (Lipinski definition) is 6. The summed E-state index contributed by atoms with van der Waals surface area (Å²) in [5.41, 5.74) is -0.380. The maximum Gasteiger partial charge on any atom is 0.224 e. The van der Waals surface area contributed by atoms with Gasteiger partial charge in [-0.05, 0) is 31.9 Å². The first-order chi connectivity index (χ1) is 14.3. The fraction of sp³-hybridized carbons (Fsp3) is 0.524. The topological polar surface area (TPSA) is 71.9 Å². The molecular formula is C21H26F2N2O4S. The zero-order valence-corrected chi connectivity index (χ0v) is 17.9. The molecule has 1 N–H and O–H groups in total. The summed E-state index contributed by atoms with van der Waals surface area (Å²) in [6.07, 6.45) is 1.92. The van der Waals surface area contributed by atoms with Gasteiger partial charge >= 0.3 is 0 Å². The maximum absolute atomic E-state index is 13.3. The van der Waals surface area contributed by atoms with Crippen molar-refractivity contribution in [2.75, 3.05) is 26.8 Å². The number of ether oxygens (including phenoxy) is 2. The Labute approximate surface area is 178 Å². The van der Waals surface area contributed by atoms with E-state index in [2.05, 4.69) is 4.98 Å². The third-order valence-electron chi connectivity index (χ3n) is 5.24. The Hall–Kier alpha value is -2.10. The van der Waals surface area contributed by atoms with E-state index >= 15 is 0 Å². The van der Waals surface area contributed by atoms with Gasteiger partial charge in [0.1, 0.15) is 23.0 Å². The molecule has 0 saturated carbocycles. The van der Waals surface area contributed by atoms with E-state index in [-0.39, 0.29) is 18.3 Å². The number of nitrogens with zero attached hydrogens (tertiary/aromatic N) is 2. The van der Waals surface area contributed by atoms with Crippen LogP contribution in [0.2, 0.25) is 0 Å². The van der Waals surface area contributed by atoms with Crippen molar-refractivity contribution in [3.63, 3.8) is 0 Å². The van der Waals surface area contributed by atoms with Crippen molar-refractivity contribution < 1.29 is 28.2 Å². The monoisotopic (exact) mass is 440 g/mol. The Morgan fingerprint density at radius 2 is 2.10 bits per heavy atom. The largest absolute Gasteiger partial charge is 0.488 e. The molecule has 0 aliphatic carbocycles. The second-order valence-corrected chi connectivity index (χ2v) is 8.48. The number of rotatable bonds is 7. The predicted octanol–water partition coefficient (Wildman–Crippen LogP) is 3.55. The SMILES string of the molecule is COCCC(=O)N1CCCC(O)(c2nc(C)c(COc3ccc(F)c(F)c3)s2)CC1. The minimum absolute atomic E-state index is 0.0250. The van der Waals surface area contributed by atoms with Crippen LogP contribution < -0.4 is 4.74 Å². The molecule has 1 fully saturated rings. The molecule has 1 aliphatic heterocycles. The van der Waals surface area contributed by atoms with Crippen LogP contribution in [0.15, 0.2) is 18.2 Å². The average molecular weight is 441 g/mol. The molecule has 164 valence electrons. The van der Waals surface area contributed by atoms with Crippen LogP contribution in [-0.4, -0.2) is 47.7 Å². The molecule has 0 radical (unpaired) electrons. The second kappa shape index (κ2) is 9.80. The predicted molar refractivity (Wildman–Crippen MR) is 108 cm³/mol. The van der Waals surface area contributed by atoms with Crippen molar-refractivity contribution in [3.05, 3.63) is 45.4 Å². The highest BCUT2D eigenvalue weighted by Gasteiger charge is 2.36. The molecule has 1 unspecified atom stereocenters. The number of likely N-dealkylation sites (tertiary alicyclic amines) is 1. The molecule has 9 heteroatoms. The number of thiazole rings is 1. The van der Waals surface area contributed by atoms with E-state index < -0.39 is 17.2 Å². The summed E-state index contributed by atoms with van der Waals surface area (Å²) in [5.74, 6) is -1.64. The Morgan fingerprint density at radius 3 is 2.83 bits per heavy atom. The molecular weight excluding hydrogens is 414 g/mol. The van der Waals surface area contributed by atoms with Gasteiger partial charge in [0, 0.05) is 32.7 Å². The van der Waals surface area contributed by atoms with Crippen LogP contribution in [0.3, 0.4) is 0 Å². The molecule has 6 nitrogen and oxygen atoms in total. The van der Waals surface area contributed by atoms with Gasteiger partial charge in [-0.2, -0.15) is 0 Å². The van der Waals surface area contributed by atoms with Crippen molar-refractivity contribution >= 4 is 17.2 Å². The lowest BCUT2D eigenvalue weighted by molar-refractivity contribution is -0.132. The number of hydrogen-bond donors (Lipinski definition) is 1. The molecule has 1 aromatic carbocycles. The first kappa shape index (κ1) is 22.6. The number of carbonyl (C=O) groups excluding carboxylic acids is 1. The molecule has 1 saturated heterocycles. The van der Waals surface area contributed by atoms with Gasteiger partial charge in [-0.1, -0.05) is 0 Å². The molecule has 1 aliphatic rings. The Balaban J connectivity index is 1.65. The minimum Gasteiger partial charge on any atom is -0.488 e. The maximum atomic E-state index is 13.3. The summed E-state index contributed by atoms with van der Waals surface area (Å²) in [6, 6.07) is 3.38. The molecule has 2 aromatic rings. The zero-order chi connectivity index (χ0) is 21.7. The lowest BCUT2D eigenvalue weighted by Crippen LogP contribution is -2.34. The molecule has 1 amide bonds. The van der Waals surface area contributed by atoms with Crippen LogP contribution >= 0.6 is 11.3 Å². The first-order valence-electron chi connectivity index (χ1n) is 9.86. The first-order valence-corrected chi connectivity index (χ1v) is 10.7. The Kier molecular flexibility index (Phi) is 7.38. The van der Waals surface area contributed by atoms with Gasteiger partial charge in [-0.15, -0.1) is 11.3 Å². The van der Waals surface area contributed by atoms with Crippen LogP contribution in [0, 0.1) is 18.6 Å². The Morgan fingerprint density at radius 1 is 1.30 bits per heavy atom. The quantitative estimate of drug-likeness (QED) is 0.713. The number of benzene rings is 1. The highest BCUT2D eigenvalue weighted by atomic mass is 32.1. The molecule has 0 spiro atoms. The lowest BCUT2D eigenvalue weighted by atomic mass is 9.96. The number of aromatic nitrogens is 1. The molecule has 30 heavy (non-hydrogen) atoms. The van der Waals surface area contributed by atoms with Crippen LogP contribution in [0.1, 0.15) is 41.3 Å². The van der Waals surface area contributed by atoms with E-state index in [0.29, 0.717) is 50.4 Å². The summed E-state index contributed by atoms with van der Waals surface area (Å²) in [6.45, 7) is 3.41. The average Bonchev–Trinajstić information content (AvgIpc) is 2.98. The molecule has 2 heterocycles. The summed E-state index contributed by atoms with van der Waals surface area (Å²) >= 11 is 1.35. The molecule has 3 rings (SSSR count). The third-order valence-corrected chi connectivity index (χ3v) is 6.56. The molecule has 1 aromatic heterocycles. The fourth-order valence-electron chi connectivity index (χ4n) is 3.41. The van der Waals surface area contributed by atoms with E-state index in [1.165, 1.54) is 17.4 Å². The van der Waals surface area contributed by atoms with Crippen LogP contribution in [-0.2, 0) is 21.7 Å². The summed E-state index contributed by atoms with van der Waals surface area (Å²) in [5, 5.41) is 11.8. The van der Waals surface area contributed by atoms with E-state index in [1.807, 2.05) is 6.92 Å².